The van der Waals surface area contributed by atoms with E-state index in [0.29, 0.717) is 16.8 Å². The SMILES string of the molecule is CC(C)(C)OC(=O)C1CC(c2ccc(C(=O)C(=O)c3ccc(C=CC(=O)O)cc3)cc2)=NO1. The third-order valence-corrected chi connectivity index (χ3v) is 4.62. The Hall–Kier alpha value is -4.07. The van der Waals surface area contributed by atoms with E-state index in [0.717, 1.165) is 6.08 Å². The first-order valence-corrected chi connectivity index (χ1v) is 10.2. The molecule has 0 saturated carbocycles. The van der Waals surface area contributed by atoms with Gasteiger partial charge in [0.05, 0.1) is 5.71 Å². The molecule has 0 fully saturated rings. The van der Waals surface area contributed by atoms with Crippen molar-refractivity contribution in [2.24, 2.45) is 5.16 Å². The van der Waals surface area contributed by atoms with Crippen molar-refractivity contribution in [1.82, 2.24) is 0 Å². The minimum Gasteiger partial charge on any atom is -0.478 e. The molecule has 1 atom stereocenters. The fourth-order valence-electron chi connectivity index (χ4n) is 3.03. The highest BCUT2D eigenvalue weighted by atomic mass is 16.7. The summed E-state index contributed by atoms with van der Waals surface area (Å²) in [6.07, 6.45) is 1.79. The predicted octanol–water partition coefficient (Wildman–Crippen LogP) is 3.68. The monoisotopic (exact) mass is 449 g/mol. The van der Waals surface area contributed by atoms with Crippen molar-refractivity contribution in [3.8, 4) is 0 Å². The molecule has 8 heteroatoms. The molecule has 1 N–H and O–H groups in total. The highest BCUT2D eigenvalue weighted by molar-refractivity contribution is 6.49. The van der Waals surface area contributed by atoms with Gasteiger partial charge in [0.25, 0.3) is 0 Å². The number of Topliss-reactive ketones (excluding diaryl/α,β-unsaturated/α-hetero) is 2. The van der Waals surface area contributed by atoms with Crippen molar-refractivity contribution < 1.29 is 33.9 Å². The average molecular weight is 449 g/mol. The van der Waals surface area contributed by atoms with Gasteiger partial charge in [-0.15, -0.1) is 0 Å². The number of esters is 1. The first-order valence-electron chi connectivity index (χ1n) is 10.2. The van der Waals surface area contributed by atoms with Gasteiger partial charge in [0.2, 0.25) is 17.7 Å². The van der Waals surface area contributed by atoms with Crippen molar-refractivity contribution >= 4 is 35.3 Å². The molecule has 0 bridgehead atoms. The summed E-state index contributed by atoms with van der Waals surface area (Å²) >= 11 is 0. The summed E-state index contributed by atoms with van der Waals surface area (Å²) in [5.41, 5.74) is 1.58. The standard InChI is InChI=1S/C25H23NO7/c1-25(2,3)32-24(31)20-14-19(26-33-20)16-9-11-18(12-10-16)23(30)22(29)17-7-4-15(5-8-17)6-13-21(27)28/h4-13,20H,14H2,1-3H3,(H,27,28). The molecular formula is C25H23NO7. The van der Waals surface area contributed by atoms with Crippen molar-refractivity contribution in [2.45, 2.75) is 38.9 Å². The van der Waals surface area contributed by atoms with E-state index in [2.05, 4.69) is 5.16 Å². The summed E-state index contributed by atoms with van der Waals surface area (Å²) in [5.74, 6) is -2.93. The van der Waals surface area contributed by atoms with E-state index in [4.69, 9.17) is 14.7 Å². The average Bonchev–Trinajstić information content (AvgIpc) is 3.27. The van der Waals surface area contributed by atoms with Gasteiger partial charge in [0.15, 0.2) is 0 Å². The zero-order chi connectivity index (χ0) is 24.2. The molecule has 2 aromatic rings. The van der Waals surface area contributed by atoms with Crippen LogP contribution in [0, 0.1) is 0 Å². The van der Waals surface area contributed by atoms with Crippen molar-refractivity contribution in [1.29, 1.82) is 0 Å². The summed E-state index contributed by atoms with van der Waals surface area (Å²) in [6, 6.07) is 12.4. The second kappa shape index (κ2) is 9.60. The second-order valence-corrected chi connectivity index (χ2v) is 8.40. The summed E-state index contributed by atoms with van der Waals surface area (Å²) in [6.45, 7) is 5.30. The van der Waals surface area contributed by atoms with Gasteiger partial charge in [0, 0.05) is 23.6 Å². The fourth-order valence-corrected chi connectivity index (χ4v) is 3.03. The number of carboxylic acid groups (broad SMARTS) is 1. The number of ketones is 2. The smallest absolute Gasteiger partial charge is 0.351 e. The van der Waals surface area contributed by atoms with Crippen molar-refractivity contribution in [2.75, 3.05) is 0 Å². The fraction of sp³-hybridized carbons (Fsp3) is 0.240. The molecule has 1 heterocycles. The Morgan fingerprint density at radius 2 is 1.52 bits per heavy atom. The molecule has 1 aliphatic rings. The van der Waals surface area contributed by atoms with Crippen LogP contribution in [-0.2, 0) is 19.2 Å². The number of ether oxygens (including phenoxy) is 1. The van der Waals surface area contributed by atoms with Crippen LogP contribution < -0.4 is 0 Å². The van der Waals surface area contributed by atoms with E-state index in [-0.39, 0.29) is 17.5 Å². The maximum atomic E-state index is 12.6. The number of rotatable bonds is 7. The number of carbonyl (C=O) groups excluding carboxylic acids is 3. The Morgan fingerprint density at radius 3 is 2.03 bits per heavy atom. The third kappa shape index (κ3) is 6.22. The normalized spacial score (nSPS) is 15.6. The molecule has 170 valence electrons. The summed E-state index contributed by atoms with van der Waals surface area (Å²) < 4.78 is 5.31. The number of carboxylic acids is 1. The summed E-state index contributed by atoms with van der Waals surface area (Å²) in [7, 11) is 0. The molecule has 0 aromatic heterocycles. The van der Waals surface area contributed by atoms with Crippen LogP contribution in [0.4, 0.5) is 0 Å². The number of aliphatic carboxylic acids is 1. The Balaban J connectivity index is 1.64. The predicted molar refractivity (Wildman–Crippen MR) is 120 cm³/mol. The Labute approximate surface area is 190 Å². The van der Waals surface area contributed by atoms with Crippen molar-refractivity contribution in [3.63, 3.8) is 0 Å². The van der Waals surface area contributed by atoms with E-state index in [1.807, 2.05) is 0 Å². The highest BCUT2D eigenvalue weighted by Gasteiger charge is 2.33. The molecule has 0 aliphatic carbocycles. The van der Waals surface area contributed by atoms with Crippen LogP contribution in [0.3, 0.4) is 0 Å². The van der Waals surface area contributed by atoms with E-state index < -0.39 is 35.2 Å². The molecule has 3 rings (SSSR count). The van der Waals surface area contributed by atoms with Gasteiger partial charge < -0.3 is 14.7 Å². The maximum Gasteiger partial charge on any atom is 0.351 e. The summed E-state index contributed by atoms with van der Waals surface area (Å²) in [4.78, 5) is 53.1. The lowest BCUT2D eigenvalue weighted by Gasteiger charge is -2.20. The topological polar surface area (TPSA) is 119 Å². The van der Waals surface area contributed by atoms with E-state index >= 15 is 0 Å². The number of oxime groups is 1. The largest absolute Gasteiger partial charge is 0.478 e. The number of carbonyl (C=O) groups is 4. The van der Waals surface area contributed by atoms with E-state index in [1.54, 1.807) is 45.0 Å². The molecule has 2 aromatic carbocycles. The second-order valence-electron chi connectivity index (χ2n) is 8.40. The molecule has 8 nitrogen and oxygen atoms in total. The Bertz CT molecular complexity index is 1140. The van der Waals surface area contributed by atoms with Crippen LogP contribution in [0.1, 0.15) is 59.0 Å². The van der Waals surface area contributed by atoms with Crippen molar-refractivity contribution in [3.05, 3.63) is 76.9 Å². The molecule has 1 unspecified atom stereocenters. The van der Waals surface area contributed by atoms with Crippen LogP contribution in [0.2, 0.25) is 0 Å². The minimum atomic E-state index is -1.08. The van der Waals surface area contributed by atoms with Crippen LogP contribution in [-0.4, -0.2) is 46.0 Å². The molecule has 0 saturated heterocycles. The van der Waals surface area contributed by atoms with Crippen LogP contribution >= 0.6 is 0 Å². The lowest BCUT2D eigenvalue weighted by molar-refractivity contribution is -0.166. The van der Waals surface area contributed by atoms with Gasteiger partial charge in [-0.2, -0.15) is 0 Å². The van der Waals surface area contributed by atoms with Crippen LogP contribution in [0.5, 0.6) is 0 Å². The van der Waals surface area contributed by atoms with Gasteiger partial charge in [-0.05, 0) is 38.0 Å². The molecule has 1 aliphatic heterocycles. The Kier molecular flexibility index (Phi) is 6.86. The van der Waals surface area contributed by atoms with Gasteiger partial charge in [-0.1, -0.05) is 53.7 Å². The van der Waals surface area contributed by atoms with E-state index in [9.17, 15) is 19.2 Å². The quantitative estimate of drug-likeness (QED) is 0.296. The van der Waals surface area contributed by atoms with Gasteiger partial charge in [-0.25, -0.2) is 9.59 Å². The zero-order valence-electron chi connectivity index (χ0n) is 18.4. The molecule has 0 amide bonds. The van der Waals surface area contributed by atoms with E-state index in [1.165, 1.54) is 30.3 Å². The lowest BCUT2D eigenvalue weighted by atomic mass is 9.98. The highest BCUT2D eigenvalue weighted by Crippen LogP contribution is 2.21. The summed E-state index contributed by atoms with van der Waals surface area (Å²) in [5, 5.41) is 12.6. The first-order chi connectivity index (χ1) is 15.5. The lowest BCUT2D eigenvalue weighted by Crippen LogP contribution is -2.32. The van der Waals surface area contributed by atoms with Crippen LogP contribution in [0.25, 0.3) is 6.08 Å². The molecule has 0 spiro atoms. The number of nitrogens with zero attached hydrogens (tertiary/aromatic N) is 1. The third-order valence-electron chi connectivity index (χ3n) is 4.62. The maximum absolute atomic E-state index is 12.6. The molecule has 0 radical (unpaired) electrons. The van der Waals surface area contributed by atoms with Crippen LogP contribution in [0.15, 0.2) is 59.8 Å². The number of hydrogen-bond donors (Lipinski definition) is 1. The number of benzene rings is 2. The first kappa shape index (κ1) is 23.6. The van der Waals surface area contributed by atoms with Gasteiger partial charge >= 0.3 is 11.9 Å². The zero-order valence-corrected chi connectivity index (χ0v) is 18.4. The minimum absolute atomic E-state index is 0.199. The Morgan fingerprint density at radius 1 is 0.970 bits per heavy atom. The molecular weight excluding hydrogens is 426 g/mol. The molecule has 33 heavy (non-hydrogen) atoms. The van der Waals surface area contributed by atoms with Gasteiger partial charge in [-0.3, -0.25) is 9.59 Å². The number of hydrogen-bond acceptors (Lipinski definition) is 7. The van der Waals surface area contributed by atoms with Gasteiger partial charge in [0.1, 0.15) is 5.60 Å².